The van der Waals surface area contributed by atoms with Gasteiger partial charge >= 0.3 is 11.9 Å². The van der Waals surface area contributed by atoms with Crippen LogP contribution < -0.4 is 0 Å². The molecule has 0 radical (unpaired) electrons. The van der Waals surface area contributed by atoms with Gasteiger partial charge in [-0.2, -0.15) is 0 Å². The van der Waals surface area contributed by atoms with E-state index in [4.69, 9.17) is 19.8 Å². The highest BCUT2D eigenvalue weighted by molar-refractivity contribution is 6.27. The quantitative estimate of drug-likeness (QED) is 0.635. The smallest absolute Gasteiger partial charge is 0.414 e. The molecule has 1 saturated heterocycles. The second kappa shape index (κ2) is 5.48. The summed E-state index contributed by atoms with van der Waals surface area (Å²) in [4.78, 5) is 25.1. The zero-order chi connectivity index (χ0) is 12.1. The maximum atomic E-state index is 9.10. The maximum Gasteiger partial charge on any atom is 0.414 e. The first-order chi connectivity index (χ1) is 7.50. The summed E-state index contributed by atoms with van der Waals surface area (Å²) < 4.78 is 0. The van der Waals surface area contributed by atoms with E-state index in [1.807, 2.05) is 0 Å². The van der Waals surface area contributed by atoms with Gasteiger partial charge in [0.1, 0.15) is 0 Å². The van der Waals surface area contributed by atoms with Crippen LogP contribution in [0.2, 0.25) is 0 Å². The minimum atomic E-state index is -1.82. The lowest BCUT2D eigenvalue weighted by Crippen LogP contribution is -2.19. The number of carboxylic acids is 2. The van der Waals surface area contributed by atoms with Crippen LogP contribution in [-0.4, -0.2) is 52.5 Å². The highest BCUT2D eigenvalue weighted by atomic mass is 16.4. The summed E-state index contributed by atoms with van der Waals surface area (Å²) in [5.74, 6) is -2.30. The van der Waals surface area contributed by atoms with E-state index < -0.39 is 11.9 Å². The Hall–Kier alpha value is -1.59. The Kier molecular flexibility index (Phi) is 4.28. The molecule has 6 heteroatoms. The Labute approximate surface area is 93.6 Å². The standard InChI is InChI=1S/C8H14N2.C2H2O4/c1-10-6-2-3-8(10)9-7-4-5-7;3-1(4)2(5)6/h7H,2-6H2,1H3;(H,3,4)(H,5,6). The summed E-state index contributed by atoms with van der Waals surface area (Å²) in [6.07, 6.45) is 5.18. The summed E-state index contributed by atoms with van der Waals surface area (Å²) in [6, 6.07) is 0.704. The van der Waals surface area contributed by atoms with Crippen molar-refractivity contribution in [2.75, 3.05) is 13.6 Å². The summed E-state index contributed by atoms with van der Waals surface area (Å²) in [6.45, 7) is 1.21. The van der Waals surface area contributed by atoms with Crippen LogP contribution in [0.3, 0.4) is 0 Å². The van der Waals surface area contributed by atoms with Crippen molar-refractivity contribution in [2.45, 2.75) is 31.7 Å². The molecule has 0 atom stereocenters. The van der Waals surface area contributed by atoms with Gasteiger partial charge in [0.25, 0.3) is 0 Å². The first-order valence-corrected chi connectivity index (χ1v) is 5.24. The summed E-state index contributed by atoms with van der Waals surface area (Å²) in [5.41, 5.74) is 0. The molecule has 2 rings (SSSR count). The van der Waals surface area contributed by atoms with E-state index in [0.717, 1.165) is 0 Å². The topological polar surface area (TPSA) is 90.2 Å². The summed E-state index contributed by atoms with van der Waals surface area (Å²) in [5, 5.41) is 14.8. The third-order valence-electron chi connectivity index (χ3n) is 2.40. The molecule has 6 nitrogen and oxygen atoms in total. The molecule has 0 aromatic rings. The molecule has 0 unspecified atom stereocenters. The number of amidine groups is 1. The number of aliphatic imine (C=N–C) groups is 1. The molecular weight excluding hydrogens is 212 g/mol. The molecule has 0 aromatic heterocycles. The molecule has 0 aromatic carbocycles. The Morgan fingerprint density at radius 3 is 2.19 bits per heavy atom. The van der Waals surface area contributed by atoms with Crippen molar-refractivity contribution in [3.8, 4) is 0 Å². The van der Waals surface area contributed by atoms with Crippen LogP contribution in [0.5, 0.6) is 0 Å². The molecule has 1 heterocycles. The zero-order valence-corrected chi connectivity index (χ0v) is 9.22. The van der Waals surface area contributed by atoms with Crippen LogP contribution >= 0.6 is 0 Å². The van der Waals surface area contributed by atoms with Crippen LogP contribution in [-0.2, 0) is 9.59 Å². The lowest BCUT2D eigenvalue weighted by Gasteiger charge is -2.10. The molecule has 2 N–H and O–H groups in total. The minimum absolute atomic E-state index is 0.704. The average molecular weight is 228 g/mol. The Morgan fingerprint density at radius 1 is 1.31 bits per heavy atom. The molecule has 0 amide bonds. The Bertz CT molecular complexity index is 298. The number of hydrogen-bond acceptors (Lipinski definition) is 3. The predicted octanol–water partition coefficient (Wildman–Crippen LogP) is 0.428. The third-order valence-corrected chi connectivity index (χ3v) is 2.40. The fraction of sp³-hybridized carbons (Fsp3) is 0.700. The van der Waals surface area contributed by atoms with Crippen LogP contribution in [0.1, 0.15) is 25.7 Å². The zero-order valence-electron chi connectivity index (χ0n) is 9.22. The highest BCUT2D eigenvalue weighted by Crippen LogP contribution is 2.25. The lowest BCUT2D eigenvalue weighted by atomic mass is 10.4. The van der Waals surface area contributed by atoms with Crippen LogP contribution in [0.4, 0.5) is 0 Å². The second-order valence-corrected chi connectivity index (χ2v) is 3.91. The monoisotopic (exact) mass is 228 g/mol. The van der Waals surface area contributed by atoms with Gasteiger partial charge in [-0.15, -0.1) is 0 Å². The van der Waals surface area contributed by atoms with E-state index in [1.54, 1.807) is 0 Å². The molecule has 2 aliphatic rings. The molecule has 1 saturated carbocycles. The van der Waals surface area contributed by atoms with E-state index in [2.05, 4.69) is 16.9 Å². The molecule has 90 valence electrons. The van der Waals surface area contributed by atoms with Crippen LogP contribution in [0.15, 0.2) is 4.99 Å². The average Bonchev–Trinajstić information content (AvgIpc) is 2.92. The molecule has 1 aliphatic carbocycles. The van der Waals surface area contributed by atoms with Gasteiger partial charge in [0.2, 0.25) is 0 Å². The van der Waals surface area contributed by atoms with Crippen LogP contribution in [0, 0.1) is 0 Å². The van der Waals surface area contributed by atoms with E-state index in [9.17, 15) is 0 Å². The van der Waals surface area contributed by atoms with Gasteiger partial charge in [-0.05, 0) is 19.3 Å². The van der Waals surface area contributed by atoms with Crippen molar-refractivity contribution in [2.24, 2.45) is 4.99 Å². The van der Waals surface area contributed by atoms with Gasteiger partial charge in [-0.25, -0.2) is 9.59 Å². The fourth-order valence-corrected chi connectivity index (χ4v) is 1.37. The number of likely N-dealkylation sites (tertiary alicyclic amines) is 1. The van der Waals surface area contributed by atoms with Gasteiger partial charge in [0, 0.05) is 20.0 Å². The lowest BCUT2D eigenvalue weighted by molar-refractivity contribution is -0.159. The number of aliphatic carboxylic acids is 2. The number of hydrogen-bond donors (Lipinski definition) is 2. The maximum absolute atomic E-state index is 9.10. The van der Waals surface area contributed by atoms with Crippen molar-refractivity contribution < 1.29 is 19.8 Å². The second-order valence-electron chi connectivity index (χ2n) is 3.91. The van der Waals surface area contributed by atoms with Crippen molar-refractivity contribution in [3.05, 3.63) is 0 Å². The van der Waals surface area contributed by atoms with Gasteiger partial charge in [0.15, 0.2) is 0 Å². The number of nitrogens with zero attached hydrogens (tertiary/aromatic N) is 2. The first-order valence-electron chi connectivity index (χ1n) is 5.24. The largest absolute Gasteiger partial charge is 0.473 e. The molecular formula is C10H16N2O4. The van der Waals surface area contributed by atoms with Crippen molar-refractivity contribution >= 4 is 17.8 Å². The van der Waals surface area contributed by atoms with E-state index in [1.165, 1.54) is 38.1 Å². The van der Waals surface area contributed by atoms with Gasteiger partial charge in [-0.1, -0.05) is 0 Å². The number of rotatable bonds is 1. The fourth-order valence-electron chi connectivity index (χ4n) is 1.37. The van der Waals surface area contributed by atoms with Crippen LogP contribution in [0.25, 0.3) is 0 Å². The van der Waals surface area contributed by atoms with Gasteiger partial charge in [-0.3, -0.25) is 4.99 Å². The van der Waals surface area contributed by atoms with Crippen molar-refractivity contribution in [1.29, 1.82) is 0 Å². The van der Waals surface area contributed by atoms with Gasteiger partial charge in [0.05, 0.1) is 11.9 Å². The number of carboxylic acid groups (broad SMARTS) is 2. The van der Waals surface area contributed by atoms with Crippen molar-refractivity contribution in [1.82, 2.24) is 4.90 Å². The molecule has 1 aliphatic heterocycles. The van der Waals surface area contributed by atoms with Gasteiger partial charge < -0.3 is 15.1 Å². The van der Waals surface area contributed by atoms with E-state index >= 15 is 0 Å². The normalized spacial score (nSPS) is 21.6. The molecule has 0 spiro atoms. The van der Waals surface area contributed by atoms with E-state index in [-0.39, 0.29) is 0 Å². The molecule has 16 heavy (non-hydrogen) atoms. The van der Waals surface area contributed by atoms with Crippen molar-refractivity contribution in [3.63, 3.8) is 0 Å². The van der Waals surface area contributed by atoms with E-state index in [0.29, 0.717) is 6.04 Å². The third kappa shape index (κ3) is 4.29. The summed E-state index contributed by atoms with van der Waals surface area (Å²) >= 11 is 0. The summed E-state index contributed by atoms with van der Waals surface area (Å²) in [7, 11) is 2.15. The molecule has 0 bridgehead atoms. The minimum Gasteiger partial charge on any atom is -0.473 e. The Balaban J connectivity index is 0.000000187. The first kappa shape index (κ1) is 12.5. The highest BCUT2D eigenvalue weighted by Gasteiger charge is 2.23. The number of carbonyl (C=O) groups is 2. The SMILES string of the molecule is CN1CCCC1=NC1CC1.O=C(O)C(=O)O. The molecule has 2 fully saturated rings. The Morgan fingerprint density at radius 2 is 1.88 bits per heavy atom. The predicted molar refractivity (Wildman–Crippen MR) is 57.6 cm³/mol.